The third kappa shape index (κ3) is 11.6. The number of aliphatic hydroxyl groups excluding tert-OH is 1. The van der Waals surface area contributed by atoms with Gasteiger partial charge in [-0.05, 0) is 83.2 Å². The van der Waals surface area contributed by atoms with Gasteiger partial charge in [-0.25, -0.2) is 14.4 Å². The number of benzene rings is 2. The van der Waals surface area contributed by atoms with Gasteiger partial charge in [0.05, 0.1) is 35.0 Å². The molecule has 10 atom stereocenters. The predicted molar refractivity (Wildman–Crippen MR) is 262 cm³/mol. The van der Waals surface area contributed by atoms with Gasteiger partial charge in [-0.3, -0.25) is 19.2 Å². The lowest BCUT2D eigenvalue weighted by molar-refractivity contribution is -0.332. The number of rotatable bonds is 17. The van der Waals surface area contributed by atoms with Gasteiger partial charge in [0.2, 0.25) is 6.10 Å². The summed E-state index contributed by atoms with van der Waals surface area (Å²) in [5, 5.41) is 38.0. The zero-order valence-corrected chi connectivity index (χ0v) is 43.6. The van der Waals surface area contributed by atoms with E-state index >= 15 is 9.59 Å². The summed E-state index contributed by atoms with van der Waals surface area (Å²) in [4.78, 5) is 96.3. The van der Waals surface area contributed by atoms with Crippen LogP contribution in [0.4, 0.5) is 4.79 Å². The Morgan fingerprint density at radius 1 is 0.901 bits per heavy atom. The van der Waals surface area contributed by atoms with Crippen molar-refractivity contribution in [3.63, 3.8) is 0 Å². The Balaban J connectivity index is 1.45. The van der Waals surface area contributed by atoms with Crippen molar-refractivity contribution in [3.05, 3.63) is 82.9 Å². The smallest absolute Gasteiger partial charge is 0.408 e. The van der Waals surface area contributed by atoms with E-state index in [-0.39, 0.29) is 54.8 Å². The van der Waals surface area contributed by atoms with Crippen molar-refractivity contribution in [1.82, 2.24) is 5.32 Å². The second kappa shape index (κ2) is 21.3. The Bertz CT molecular complexity index is 2390. The topological polar surface area (TPSA) is 248 Å². The highest BCUT2D eigenvalue weighted by molar-refractivity contribution is 8.18. The van der Waals surface area contributed by atoms with Crippen LogP contribution in [0.2, 0.25) is 0 Å². The van der Waals surface area contributed by atoms with Crippen LogP contribution in [0.1, 0.15) is 123 Å². The van der Waals surface area contributed by atoms with Gasteiger partial charge in [0.25, 0.3) is 0 Å². The van der Waals surface area contributed by atoms with Gasteiger partial charge in [-0.2, -0.15) is 0 Å². The lowest BCUT2D eigenvalue weighted by Crippen LogP contribution is -2.79. The minimum absolute atomic E-state index is 0.00361. The molecule has 6 rings (SSSR count). The van der Waals surface area contributed by atoms with E-state index in [1.807, 2.05) is 13.8 Å². The zero-order chi connectivity index (χ0) is 52.5. The van der Waals surface area contributed by atoms with Crippen molar-refractivity contribution in [2.24, 2.45) is 16.7 Å². The van der Waals surface area contributed by atoms with E-state index in [0.29, 0.717) is 11.3 Å². The molecule has 2 aromatic carbocycles. The van der Waals surface area contributed by atoms with Gasteiger partial charge in [0.1, 0.15) is 41.7 Å². The van der Waals surface area contributed by atoms with Crippen molar-refractivity contribution < 1.29 is 77.3 Å². The molecule has 4 N–H and O–H groups in total. The summed E-state index contributed by atoms with van der Waals surface area (Å²) < 4.78 is 36.0. The molecule has 71 heavy (non-hydrogen) atoms. The Hall–Kier alpha value is -4.95. The second-order valence-electron chi connectivity index (χ2n) is 21.0. The van der Waals surface area contributed by atoms with Gasteiger partial charge < -0.3 is 49.1 Å². The number of hydrogen-bond acceptors (Lipinski definition) is 17. The highest BCUT2D eigenvalue weighted by Crippen LogP contribution is 2.64. The highest BCUT2D eigenvalue weighted by atomic mass is 32.2. The van der Waals surface area contributed by atoms with Crippen molar-refractivity contribution in [2.75, 3.05) is 18.1 Å². The molecule has 388 valence electrons. The van der Waals surface area contributed by atoms with Gasteiger partial charge >= 0.3 is 35.9 Å². The number of Topliss-reactive ketones (excluding diaryl/α,β-unsaturated/α-hetero) is 1. The van der Waals surface area contributed by atoms with Crippen LogP contribution in [-0.2, 0) is 52.4 Å². The lowest BCUT2D eigenvalue weighted by Gasteiger charge is -2.66. The fourth-order valence-electron chi connectivity index (χ4n) is 10.7. The molecular formula is C52H67NO16S2. The molecule has 17 nitrogen and oxygen atoms in total. The number of nitrogens with one attached hydrogen (secondary N) is 1. The van der Waals surface area contributed by atoms with Crippen LogP contribution in [0.3, 0.4) is 0 Å². The van der Waals surface area contributed by atoms with Crippen molar-refractivity contribution in [3.8, 4) is 0 Å². The summed E-state index contributed by atoms with van der Waals surface area (Å²) in [7, 11) is 0. The number of ketones is 1. The van der Waals surface area contributed by atoms with Crippen LogP contribution < -0.4 is 5.32 Å². The third-order valence-electron chi connectivity index (χ3n) is 14.2. The number of thioether (sulfide) groups is 2. The summed E-state index contributed by atoms with van der Waals surface area (Å²) in [6.07, 6.45) is -9.17. The minimum Gasteiger partial charge on any atom is -0.481 e. The molecule has 1 heterocycles. The normalized spacial score (nSPS) is 28.7. The largest absolute Gasteiger partial charge is 0.481 e. The van der Waals surface area contributed by atoms with E-state index < -0.39 is 122 Å². The second-order valence-corrected chi connectivity index (χ2v) is 24.6. The van der Waals surface area contributed by atoms with Crippen LogP contribution in [-0.4, -0.2) is 127 Å². The average molecular weight is 1030 g/mol. The van der Waals surface area contributed by atoms with Gasteiger partial charge in [-0.15, -0.1) is 23.5 Å². The number of aliphatic carboxylic acids is 1. The molecule has 3 fully saturated rings. The van der Waals surface area contributed by atoms with Gasteiger partial charge in [-0.1, -0.05) is 69.3 Å². The first-order valence-corrected chi connectivity index (χ1v) is 25.7. The number of aliphatic hydroxyl groups is 2. The highest BCUT2D eigenvalue weighted by Gasteiger charge is 2.76. The Morgan fingerprint density at radius 2 is 1.51 bits per heavy atom. The van der Waals surface area contributed by atoms with Crippen molar-refractivity contribution in [2.45, 2.75) is 159 Å². The molecule has 19 heteroatoms. The van der Waals surface area contributed by atoms with E-state index in [2.05, 4.69) is 5.32 Å². The lowest BCUT2D eigenvalue weighted by atomic mass is 9.45. The van der Waals surface area contributed by atoms with E-state index in [9.17, 15) is 34.2 Å². The Labute approximate surface area is 422 Å². The molecular weight excluding hydrogens is 959 g/mol. The van der Waals surface area contributed by atoms with Gasteiger partial charge in [0.15, 0.2) is 11.4 Å². The van der Waals surface area contributed by atoms with E-state index in [1.54, 1.807) is 97.0 Å². The maximum absolute atomic E-state index is 15.2. The molecule has 0 spiro atoms. The molecule has 1 unspecified atom stereocenters. The SMILES string of the molecule is CC(=O)O[C@]12CO[C@H]1CC[C@]1(C)C(=O)[C@@H](O)C3=C(C)[C@H](OC(=O)[C@@H](OC(=O)CCSC(C)(C)SCCC(=O)O)C(NC(=O)OC(C)(C)C)c4ccccc4)C[C@](O)([C@H](OC(=O)c4ccccc4)[C@@H]21)C3(C)C. The molecule has 2 aromatic rings. The van der Waals surface area contributed by atoms with Crippen LogP contribution >= 0.6 is 23.5 Å². The fourth-order valence-corrected chi connectivity index (χ4v) is 13.1. The first kappa shape index (κ1) is 55.4. The van der Waals surface area contributed by atoms with Crippen molar-refractivity contribution >= 4 is 65.2 Å². The van der Waals surface area contributed by atoms with E-state index in [0.717, 1.165) is 0 Å². The molecule has 0 aromatic heterocycles. The fraction of sp³-hybridized carbons (Fsp3) is 0.596. The maximum atomic E-state index is 15.2. The standard InChI is InChI=1S/C52H67NO16S2/c1-29-33(65-45(61)40(66-36(57)23-26-71-49(8,9)70-25-22-35(55)56)38(31-17-13-11-14-18-31)53-46(62)69-47(3,4)5)27-52(63)43(67-44(60)32-19-15-12-16-20-32)41-50(10,42(59)39(58)37(29)48(52,6)7)24-21-34-51(41,28-64-34)68-30(2)54/h11-20,33-34,38-41,43,58,63H,21-28H2,1-10H3,(H,53,62)(H,55,56)/t33-,34+,38?,39+,40+,41-,43-,50+,51-,52+/m1/s1. The Kier molecular flexibility index (Phi) is 16.6. The number of carboxylic acid groups (broad SMARTS) is 1. The van der Waals surface area contributed by atoms with E-state index in [1.165, 1.54) is 42.6 Å². The Morgan fingerprint density at radius 3 is 2.07 bits per heavy atom. The number of esters is 4. The summed E-state index contributed by atoms with van der Waals surface area (Å²) in [5.74, 6) is -6.02. The third-order valence-corrected chi connectivity index (χ3v) is 17.1. The van der Waals surface area contributed by atoms with E-state index in [4.69, 9.17) is 33.5 Å². The number of carbonyl (C=O) groups is 7. The minimum atomic E-state index is -2.32. The van der Waals surface area contributed by atoms with Crippen LogP contribution in [0.25, 0.3) is 0 Å². The summed E-state index contributed by atoms with van der Waals surface area (Å²) in [6.45, 7) is 16.1. The molecule has 1 aliphatic heterocycles. The van der Waals surface area contributed by atoms with Crippen LogP contribution in [0.15, 0.2) is 71.8 Å². The van der Waals surface area contributed by atoms with Crippen molar-refractivity contribution in [1.29, 1.82) is 0 Å². The number of alkyl carbamates (subject to hydrolysis) is 1. The summed E-state index contributed by atoms with van der Waals surface area (Å²) in [6, 6.07) is 14.8. The monoisotopic (exact) mass is 1030 g/mol. The maximum Gasteiger partial charge on any atom is 0.408 e. The average Bonchev–Trinajstić information content (AvgIpc) is 3.26. The first-order valence-electron chi connectivity index (χ1n) is 23.7. The van der Waals surface area contributed by atoms with Crippen LogP contribution in [0, 0.1) is 16.7 Å². The molecule has 0 radical (unpaired) electrons. The predicted octanol–water partition coefficient (Wildman–Crippen LogP) is 6.91. The molecule has 4 aliphatic rings. The van der Waals surface area contributed by atoms with Gasteiger partial charge in [0, 0.05) is 35.7 Å². The number of ether oxygens (including phenoxy) is 6. The molecule has 2 saturated carbocycles. The number of carbonyl (C=O) groups excluding carboxylic acids is 6. The quantitative estimate of drug-likeness (QED) is 0.0544. The van der Waals surface area contributed by atoms with Crippen LogP contribution in [0.5, 0.6) is 0 Å². The number of carboxylic acids is 1. The molecule has 1 amide bonds. The summed E-state index contributed by atoms with van der Waals surface area (Å²) in [5.41, 5.74) is -7.49. The molecule has 3 aliphatic carbocycles. The summed E-state index contributed by atoms with van der Waals surface area (Å²) >= 11 is 2.79. The zero-order valence-electron chi connectivity index (χ0n) is 41.9. The number of fused-ring (bicyclic) bond motifs is 5. The molecule has 2 bridgehead atoms. The number of hydrogen-bond donors (Lipinski definition) is 4. The first-order chi connectivity index (χ1) is 33.1. The number of amides is 1. The molecule has 1 saturated heterocycles.